The van der Waals surface area contributed by atoms with Gasteiger partial charge in [0, 0.05) is 24.5 Å². The summed E-state index contributed by atoms with van der Waals surface area (Å²) in [5.74, 6) is -0.239. The minimum Gasteiger partial charge on any atom is -0.312 e. The molecule has 1 heterocycles. The Balaban J connectivity index is 1.54. The standard InChI is InChI=1S/C21H18FN3/c22-21-7-5-19(6-8-21)20-11-18(14-25-15-20)13-24-10-9-16-1-3-17(12-23)4-2-16/h1-8,11,14-15,24H,9-10,13H2. The molecule has 1 aromatic heterocycles. The number of nitriles is 1. The lowest BCUT2D eigenvalue weighted by Crippen LogP contribution is -2.16. The van der Waals surface area contributed by atoms with Crippen LogP contribution in [-0.2, 0) is 13.0 Å². The molecule has 0 radical (unpaired) electrons. The first-order valence-electron chi connectivity index (χ1n) is 8.14. The Morgan fingerprint density at radius 1 is 0.920 bits per heavy atom. The number of hydrogen-bond acceptors (Lipinski definition) is 3. The monoisotopic (exact) mass is 331 g/mol. The molecule has 0 atom stereocenters. The predicted molar refractivity (Wildman–Crippen MR) is 96.2 cm³/mol. The van der Waals surface area contributed by atoms with E-state index in [9.17, 15) is 4.39 Å². The van der Waals surface area contributed by atoms with Crippen LogP contribution >= 0.6 is 0 Å². The number of benzene rings is 2. The lowest BCUT2D eigenvalue weighted by atomic mass is 10.1. The van der Waals surface area contributed by atoms with Gasteiger partial charge in [0.25, 0.3) is 0 Å². The molecule has 0 aliphatic rings. The Kier molecular flexibility index (Phi) is 5.50. The second-order valence-electron chi connectivity index (χ2n) is 5.82. The summed E-state index contributed by atoms with van der Waals surface area (Å²) in [6.07, 6.45) is 4.52. The zero-order valence-corrected chi connectivity index (χ0v) is 13.7. The van der Waals surface area contributed by atoms with Crippen molar-refractivity contribution in [2.24, 2.45) is 0 Å². The van der Waals surface area contributed by atoms with Gasteiger partial charge in [-0.05, 0) is 60.0 Å². The first-order valence-corrected chi connectivity index (χ1v) is 8.14. The van der Waals surface area contributed by atoms with Crippen molar-refractivity contribution >= 4 is 0 Å². The molecule has 0 spiro atoms. The molecule has 0 saturated carbocycles. The highest BCUT2D eigenvalue weighted by molar-refractivity contribution is 5.62. The highest BCUT2D eigenvalue weighted by atomic mass is 19.1. The molecule has 0 unspecified atom stereocenters. The number of aromatic nitrogens is 1. The number of nitrogens with zero attached hydrogens (tertiary/aromatic N) is 2. The zero-order valence-electron chi connectivity index (χ0n) is 13.7. The van der Waals surface area contributed by atoms with Crippen LogP contribution in [0.4, 0.5) is 4.39 Å². The van der Waals surface area contributed by atoms with E-state index in [-0.39, 0.29) is 5.82 Å². The maximum absolute atomic E-state index is 13.0. The Morgan fingerprint density at radius 3 is 2.40 bits per heavy atom. The van der Waals surface area contributed by atoms with Crippen LogP contribution in [0.15, 0.2) is 67.0 Å². The van der Waals surface area contributed by atoms with Gasteiger partial charge in [0.15, 0.2) is 0 Å². The number of pyridine rings is 1. The average Bonchev–Trinajstić information content (AvgIpc) is 2.66. The fourth-order valence-electron chi connectivity index (χ4n) is 2.60. The molecule has 0 bridgehead atoms. The molecule has 0 saturated heterocycles. The second kappa shape index (κ2) is 8.18. The fraction of sp³-hybridized carbons (Fsp3) is 0.143. The molecule has 124 valence electrons. The normalized spacial score (nSPS) is 10.4. The molecule has 0 aliphatic carbocycles. The van der Waals surface area contributed by atoms with Gasteiger partial charge in [-0.25, -0.2) is 4.39 Å². The number of rotatable bonds is 6. The largest absolute Gasteiger partial charge is 0.312 e. The summed E-state index contributed by atoms with van der Waals surface area (Å²) in [6, 6.07) is 18.3. The van der Waals surface area contributed by atoms with Gasteiger partial charge in [0.2, 0.25) is 0 Å². The molecular weight excluding hydrogens is 313 g/mol. The van der Waals surface area contributed by atoms with E-state index in [1.54, 1.807) is 18.3 Å². The minimum atomic E-state index is -0.239. The Morgan fingerprint density at radius 2 is 1.68 bits per heavy atom. The van der Waals surface area contributed by atoms with Crippen molar-refractivity contribution in [1.29, 1.82) is 5.26 Å². The summed E-state index contributed by atoms with van der Waals surface area (Å²) >= 11 is 0. The SMILES string of the molecule is N#Cc1ccc(CCNCc2cncc(-c3ccc(F)cc3)c2)cc1. The first kappa shape index (κ1) is 16.8. The Hall–Kier alpha value is -3.03. The third-order valence-corrected chi connectivity index (χ3v) is 3.98. The fourth-order valence-corrected chi connectivity index (χ4v) is 2.60. The van der Waals surface area contributed by atoms with Crippen molar-refractivity contribution in [1.82, 2.24) is 10.3 Å². The maximum Gasteiger partial charge on any atom is 0.123 e. The van der Waals surface area contributed by atoms with Crippen molar-refractivity contribution in [3.63, 3.8) is 0 Å². The molecule has 2 aromatic carbocycles. The molecule has 0 fully saturated rings. The van der Waals surface area contributed by atoms with Crippen LogP contribution in [0, 0.1) is 17.1 Å². The van der Waals surface area contributed by atoms with Gasteiger partial charge in [0.1, 0.15) is 5.82 Å². The lowest BCUT2D eigenvalue weighted by Gasteiger charge is -2.07. The van der Waals surface area contributed by atoms with Crippen molar-refractivity contribution in [3.05, 3.63) is 89.5 Å². The molecule has 3 rings (SSSR count). The molecule has 0 amide bonds. The quantitative estimate of drug-likeness (QED) is 0.692. The van der Waals surface area contributed by atoms with E-state index >= 15 is 0 Å². The lowest BCUT2D eigenvalue weighted by molar-refractivity contribution is 0.628. The average molecular weight is 331 g/mol. The van der Waals surface area contributed by atoms with E-state index < -0.39 is 0 Å². The third-order valence-electron chi connectivity index (χ3n) is 3.98. The van der Waals surface area contributed by atoms with E-state index in [1.807, 2.05) is 30.5 Å². The number of hydrogen-bond donors (Lipinski definition) is 1. The summed E-state index contributed by atoms with van der Waals surface area (Å²) in [6.45, 7) is 1.56. The minimum absolute atomic E-state index is 0.239. The topological polar surface area (TPSA) is 48.7 Å². The van der Waals surface area contributed by atoms with Gasteiger partial charge in [-0.2, -0.15) is 5.26 Å². The van der Waals surface area contributed by atoms with Gasteiger partial charge in [-0.3, -0.25) is 4.98 Å². The summed E-state index contributed by atoms with van der Waals surface area (Å²) in [5.41, 5.74) is 4.89. The van der Waals surface area contributed by atoms with E-state index in [4.69, 9.17) is 5.26 Å². The highest BCUT2D eigenvalue weighted by Crippen LogP contribution is 2.19. The van der Waals surface area contributed by atoms with E-state index in [2.05, 4.69) is 22.4 Å². The molecule has 1 N–H and O–H groups in total. The zero-order chi connectivity index (χ0) is 17.5. The van der Waals surface area contributed by atoms with Crippen LogP contribution in [0.3, 0.4) is 0 Å². The molecular formula is C21H18FN3. The highest BCUT2D eigenvalue weighted by Gasteiger charge is 2.01. The number of nitrogens with one attached hydrogen (secondary N) is 1. The smallest absolute Gasteiger partial charge is 0.123 e. The molecule has 0 aliphatic heterocycles. The molecule has 3 aromatic rings. The van der Waals surface area contributed by atoms with E-state index in [1.165, 1.54) is 17.7 Å². The molecule has 4 heteroatoms. The van der Waals surface area contributed by atoms with Crippen molar-refractivity contribution in [3.8, 4) is 17.2 Å². The summed E-state index contributed by atoms with van der Waals surface area (Å²) in [7, 11) is 0. The van der Waals surface area contributed by atoms with E-state index in [0.717, 1.165) is 36.2 Å². The first-order chi connectivity index (χ1) is 12.2. The van der Waals surface area contributed by atoms with Gasteiger partial charge >= 0.3 is 0 Å². The summed E-state index contributed by atoms with van der Waals surface area (Å²) in [5, 5.41) is 12.2. The van der Waals surface area contributed by atoms with Crippen LogP contribution in [-0.4, -0.2) is 11.5 Å². The Bertz CT molecular complexity index is 865. The van der Waals surface area contributed by atoms with E-state index in [0.29, 0.717) is 5.56 Å². The van der Waals surface area contributed by atoms with Gasteiger partial charge in [-0.1, -0.05) is 24.3 Å². The predicted octanol–water partition coefficient (Wildman–Crippen LogP) is 4.09. The maximum atomic E-state index is 13.0. The van der Waals surface area contributed by atoms with Gasteiger partial charge in [-0.15, -0.1) is 0 Å². The van der Waals surface area contributed by atoms with Crippen LogP contribution in [0.5, 0.6) is 0 Å². The second-order valence-corrected chi connectivity index (χ2v) is 5.82. The number of halogens is 1. The van der Waals surface area contributed by atoms with Crippen molar-refractivity contribution < 1.29 is 4.39 Å². The molecule has 25 heavy (non-hydrogen) atoms. The van der Waals surface area contributed by atoms with Crippen molar-refractivity contribution in [2.75, 3.05) is 6.54 Å². The summed E-state index contributed by atoms with van der Waals surface area (Å²) in [4.78, 5) is 4.28. The van der Waals surface area contributed by atoms with Crippen LogP contribution in [0.1, 0.15) is 16.7 Å². The van der Waals surface area contributed by atoms with Crippen LogP contribution in [0.25, 0.3) is 11.1 Å². The van der Waals surface area contributed by atoms with Gasteiger partial charge in [0.05, 0.1) is 11.6 Å². The van der Waals surface area contributed by atoms with Crippen molar-refractivity contribution in [2.45, 2.75) is 13.0 Å². The Labute approximate surface area is 146 Å². The van der Waals surface area contributed by atoms with Gasteiger partial charge < -0.3 is 5.32 Å². The third kappa shape index (κ3) is 4.72. The van der Waals surface area contributed by atoms with Crippen LogP contribution < -0.4 is 5.32 Å². The summed E-state index contributed by atoms with van der Waals surface area (Å²) < 4.78 is 13.0. The van der Waals surface area contributed by atoms with Crippen LogP contribution in [0.2, 0.25) is 0 Å². The molecule has 3 nitrogen and oxygen atoms in total.